The zero-order chi connectivity index (χ0) is 11.1. The molecule has 0 fully saturated rings. The minimum absolute atomic E-state index is 0.303. The minimum atomic E-state index is 0.303. The molecule has 3 heteroatoms. The maximum atomic E-state index is 4.63. The molecule has 0 saturated carbocycles. The minimum Gasteiger partial charge on any atom is -0.350 e. The molecule has 0 bridgehead atoms. The van der Waals surface area contributed by atoms with Crippen molar-refractivity contribution in [1.29, 1.82) is 0 Å². The molecule has 1 aromatic heterocycles. The molecule has 16 heavy (non-hydrogen) atoms. The van der Waals surface area contributed by atoms with Gasteiger partial charge in [0.2, 0.25) is 0 Å². The van der Waals surface area contributed by atoms with Crippen molar-refractivity contribution in [3.05, 3.63) is 32.7 Å². The first-order chi connectivity index (χ1) is 7.77. The van der Waals surface area contributed by atoms with Crippen LogP contribution in [0.1, 0.15) is 41.3 Å². The van der Waals surface area contributed by atoms with Gasteiger partial charge in [0.05, 0.1) is 6.34 Å². The van der Waals surface area contributed by atoms with E-state index in [1.54, 1.807) is 0 Å². The number of aryl methyl sites for hydroxylation is 1. The highest BCUT2D eigenvalue weighted by molar-refractivity contribution is 7.10. The van der Waals surface area contributed by atoms with Crippen LogP contribution in [0.5, 0.6) is 0 Å². The van der Waals surface area contributed by atoms with Crippen LogP contribution in [-0.2, 0) is 0 Å². The lowest BCUT2D eigenvalue weighted by atomic mass is 10.00. The highest BCUT2D eigenvalue weighted by atomic mass is 32.1. The van der Waals surface area contributed by atoms with Crippen LogP contribution in [0.2, 0.25) is 0 Å². The first-order valence-corrected chi connectivity index (χ1v) is 6.70. The number of thiophene rings is 1. The molecule has 2 aliphatic rings. The molecule has 1 aliphatic carbocycles. The van der Waals surface area contributed by atoms with Crippen molar-refractivity contribution in [3.8, 4) is 0 Å². The second-order valence-electron chi connectivity index (χ2n) is 4.59. The van der Waals surface area contributed by atoms with Crippen molar-refractivity contribution in [2.75, 3.05) is 0 Å². The lowest BCUT2D eigenvalue weighted by molar-refractivity contribution is 0.784. The highest BCUT2D eigenvalue weighted by Gasteiger charge is 2.27. The topological polar surface area (TPSA) is 24.4 Å². The van der Waals surface area contributed by atoms with E-state index in [4.69, 9.17) is 0 Å². The quantitative estimate of drug-likeness (QED) is 0.787. The van der Waals surface area contributed by atoms with Gasteiger partial charge in [-0.3, -0.25) is 4.99 Å². The summed E-state index contributed by atoms with van der Waals surface area (Å²) in [5.41, 5.74) is 5.76. The average Bonchev–Trinajstić information content (AvgIpc) is 2.87. The number of aliphatic imine (C=N–C) groups is 1. The van der Waals surface area contributed by atoms with Crippen LogP contribution < -0.4 is 5.32 Å². The van der Waals surface area contributed by atoms with Gasteiger partial charge >= 0.3 is 0 Å². The Hall–Kier alpha value is -1.09. The fraction of sp³-hybridized carbons (Fsp3) is 0.462. The van der Waals surface area contributed by atoms with Crippen LogP contribution in [-0.4, -0.2) is 6.34 Å². The van der Waals surface area contributed by atoms with Crippen LogP contribution in [0.25, 0.3) is 0 Å². The second-order valence-corrected chi connectivity index (χ2v) is 5.50. The van der Waals surface area contributed by atoms with Gasteiger partial charge in [0.25, 0.3) is 0 Å². The zero-order valence-corrected chi connectivity index (χ0v) is 10.5. The number of rotatable bonds is 1. The van der Waals surface area contributed by atoms with Crippen LogP contribution >= 0.6 is 11.3 Å². The van der Waals surface area contributed by atoms with Crippen molar-refractivity contribution in [1.82, 2.24) is 5.32 Å². The summed E-state index contributed by atoms with van der Waals surface area (Å²) < 4.78 is 0. The molecule has 84 valence electrons. The molecule has 2 nitrogen and oxygen atoms in total. The lowest BCUT2D eigenvalue weighted by Crippen LogP contribution is -2.18. The Morgan fingerprint density at radius 3 is 3.00 bits per heavy atom. The number of nitrogens with zero attached hydrogens (tertiary/aromatic N) is 1. The molecule has 0 amide bonds. The predicted octanol–water partition coefficient (Wildman–Crippen LogP) is 3.48. The van der Waals surface area contributed by atoms with Crippen LogP contribution in [0.3, 0.4) is 0 Å². The Morgan fingerprint density at radius 1 is 1.38 bits per heavy atom. The van der Waals surface area contributed by atoms with Crippen molar-refractivity contribution in [3.63, 3.8) is 0 Å². The lowest BCUT2D eigenvalue weighted by Gasteiger charge is -2.20. The summed E-state index contributed by atoms with van der Waals surface area (Å²) in [5, 5.41) is 5.55. The molecule has 0 aromatic carbocycles. The fourth-order valence-corrected chi connectivity index (χ4v) is 3.68. The van der Waals surface area contributed by atoms with Crippen molar-refractivity contribution >= 4 is 17.7 Å². The van der Waals surface area contributed by atoms with E-state index in [0.717, 1.165) is 0 Å². The van der Waals surface area contributed by atoms with E-state index in [0.29, 0.717) is 6.04 Å². The van der Waals surface area contributed by atoms with E-state index in [2.05, 4.69) is 29.5 Å². The molecule has 0 radical (unpaired) electrons. The monoisotopic (exact) mass is 232 g/mol. The smallest absolute Gasteiger partial charge is 0.109 e. The summed E-state index contributed by atoms with van der Waals surface area (Å²) in [5.74, 6) is 0. The van der Waals surface area contributed by atoms with Crippen LogP contribution in [0.4, 0.5) is 0 Å². The van der Waals surface area contributed by atoms with Gasteiger partial charge in [-0.2, -0.15) is 0 Å². The summed E-state index contributed by atoms with van der Waals surface area (Å²) in [6.45, 7) is 4.40. The number of hydrogen-bond acceptors (Lipinski definition) is 3. The molecule has 3 rings (SSSR count). The van der Waals surface area contributed by atoms with Crippen molar-refractivity contribution in [2.45, 2.75) is 39.2 Å². The molecule has 1 aliphatic heterocycles. The number of nitrogens with one attached hydrogen (secondary N) is 1. The van der Waals surface area contributed by atoms with Gasteiger partial charge in [-0.25, -0.2) is 0 Å². The molecular formula is C13H16N2S. The molecule has 2 heterocycles. The standard InChI is InChI=1S/C13H16N2S/c1-8-6-16-13(9(8)2)12-10-4-3-5-11(10)14-7-15-12/h6-7,12H,3-5H2,1-2H3,(H,14,15). The van der Waals surface area contributed by atoms with E-state index < -0.39 is 0 Å². The molecule has 1 atom stereocenters. The summed E-state index contributed by atoms with van der Waals surface area (Å²) in [6, 6.07) is 0.303. The van der Waals surface area contributed by atoms with Crippen molar-refractivity contribution < 1.29 is 0 Å². The average molecular weight is 232 g/mol. The van der Waals surface area contributed by atoms with Gasteiger partial charge < -0.3 is 5.32 Å². The van der Waals surface area contributed by atoms with Gasteiger partial charge in [-0.15, -0.1) is 11.3 Å². The Balaban J connectivity index is 2.03. The summed E-state index contributed by atoms with van der Waals surface area (Å²) in [4.78, 5) is 6.07. The normalized spacial score (nSPS) is 23.5. The third kappa shape index (κ3) is 1.42. The highest BCUT2D eigenvalue weighted by Crippen LogP contribution is 2.41. The SMILES string of the molecule is Cc1csc(C2N=CNC3=C2CCC3)c1C. The molecule has 1 unspecified atom stereocenters. The zero-order valence-electron chi connectivity index (χ0n) is 9.71. The molecule has 0 saturated heterocycles. The predicted molar refractivity (Wildman–Crippen MR) is 69.0 cm³/mol. The molecule has 0 spiro atoms. The Kier molecular flexibility index (Phi) is 2.36. The first kappa shape index (κ1) is 10.1. The molecule has 1 aromatic rings. The second kappa shape index (κ2) is 3.74. The summed E-state index contributed by atoms with van der Waals surface area (Å²) >= 11 is 1.86. The van der Waals surface area contributed by atoms with Gasteiger partial charge in [-0.05, 0) is 55.2 Å². The largest absolute Gasteiger partial charge is 0.350 e. The van der Waals surface area contributed by atoms with Gasteiger partial charge in [0, 0.05) is 10.6 Å². The maximum absolute atomic E-state index is 4.63. The van der Waals surface area contributed by atoms with E-state index in [9.17, 15) is 0 Å². The first-order valence-electron chi connectivity index (χ1n) is 5.82. The van der Waals surface area contributed by atoms with E-state index >= 15 is 0 Å². The van der Waals surface area contributed by atoms with Gasteiger partial charge in [-0.1, -0.05) is 0 Å². The van der Waals surface area contributed by atoms with E-state index in [1.165, 1.54) is 46.5 Å². The summed E-state index contributed by atoms with van der Waals surface area (Å²) in [7, 11) is 0. The van der Waals surface area contributed by atoms with E-state index in [1.807, 2.05) is 17.7 Å². The molecule has 1 N–H and O–H groups in total. The maximum Gasteiger partial charge on any atom is 0.109 e. The summed E-state index contributed by atoms with van der Waals surface area (Å²) in [6.07, 6.45) is 5.56. The Labute approximate surface area is 100 Å². The Morgan fingerprint density at radius 2 is 2.25 bits per heavy atom. The third-order valence-electron chi connectivity index (χ3n) is 3.63. The van der Waals surface area contributed by atoms with Crippen molar-refractivity contribution in [2.24, 2.45) is 4.99 Å². The van der Waals surface area contributed by atoms with E-state index in [-0.39, 0.29) is 0 Å². The third-order valence-corrected chi connectivity index (χ3v) is 4.88. The van der Waals surface area contributed by atoms with Gasteiger partial charge in [0.15, 0.2) is 0 Å². The number of hydrogen-bond donors (Lipinski definition) is 1. The Bertz CT molecular complexity index is 482. The number of allylic oxidation sites excluding steroid dienone is 1. The van der Waals surface area contributed by atoms with Crippen LogP contribution in [0, 0.1) is 13.8 Å². The molecular weight excluding hydrogens is 216 g/mol. The van der Waals surface area contributed by atoms with Gasteiger partial charge in [0.1, 0.15) is 6.04 Å². The van der Waals surface area contributed by atoms with Crippen LogP contribution in [0.15, 0.2) is 21.6 Å². The fourth-order valence-electron chi connectivity index (χ4n) is 2.53.